The van der Waals surface area contributed by atoms with E-state index in [1.54, 1.807) is 90.5 Å². The van der Waals surface area contributed by atoms with Gasteiger partial charge in [-0.2, -0.15) is 0 Å². The summed E-state index contributed by atoms with van der Waals surface area (Å²) in [5.74, 6) is -5.15. The smallest absolute Gasteiger partial charge is 0.410 e. The Kier molecular flexibility index (Phi) is 46.1. The molecule has 2 heterocycles. The number of urea groups is 1. The molecule has 4 aromatic rings. The molecule has 1 aromatic heterocycles. The molecule has 8 N–H and O–H groups in total. The van der Waals surface area contributed by atoms with Gasteiger partial charge in [0.25, 0.3) is 11.8 Å². The number of rotatable bonds is 54. The number of amides is 10. The lowest BCUT2D eigenvalue weighted by molar-refractivity contribution is -0.149. The Bertz CT molecular complexity index is 4130. The number of nitrogens with two attached hydrogens (primary N) is 1. The van der Waals surface area contributed by atoms with Crippen LogP contribution < -0.4 is 37.0 Å². The SMILES string of the molecule is CC(CCCNC(N)=O)CC(=O)C(NC(=O)CCOCCOCCOCCOCCNC(=O)c1ccc2nc(CBr)c(CBr)nc2c1)C(C)C.CC[C@H](C)[C@@H]([C@@H](CC(=O)N1CCC[C@H]1[C@H](OC)[C@@H](C)C(=O)N[C@@H](Cc1ccccc1)C(=O)NS(=O)(=O)C1CC1)OC)N(C)C(=O)[C@@H](CC(=O)[C@H](C(C)C)N(C)C(=O)OCc1ccc(NC(C)=O)cc1)C(C)C. The number of hydrogen-bond donors (Lipinski definition) is 7. The van der Waals surface area contributed by atoms with E-state index in [0.29, 0.717) is 137 Å². The molecule has 2 fully saturated rings. The minimum Gasteiger partial charge on any atom is -0.445 e. The number of nitrogens with one attached hydrogen (secondary N) is 6. The fourth-order valence-electron chi connectivity index (χ4n) is 14.7. The quantitative estimate of drug-likeness (QED) is 0.0160. The molecule has 1 saturated carbocycles. The molecule has 122 heavy (non-hydrogen) atoms. The van der Waals surface area contributed by atoms with Crippen LogP contribution in [0.15, 0.2) is 72.8 Å². The first-order valence-corrected chi connectivity index (χ1v) is 46.0. The van der Waals surface area contributed by atoms with Gasteiger partial charge in [0.15, 0.2) is 11.6 Å². The van der Waals surface area contributed by atoms with Crippen molar-refractivity contribution in [3.8, 4) is 0 Å². The van der Waals surface area contributed by atoms with Crippen molar-refractivity contribution < 1.29 is 94.3 Å². The zero-order chi connectivity index (χ0) is 90.3. The van der Waals surface area contributed by atoms with Crippen LogP contribution in [-0.4, -0.2) is 247 Å². The molecule has 6 rings (SSSR count). The van der Waals surface area contributed by atoms with E-state index in [1.807, 2.05) is 68.4 Å². The molecule has 10 amide bonds. The summed E-state index contributed by atoms with van der Waals surface area (Å²) in [6.45, 7) is 24.2. The first-order chi connectivity index (χ1) is 58.0. The third-order valence-electron chi connectivity index (χ3n) is 21.7. The van der Waals surface area contributed by atoms with E-state index in [-0.39, 0.29) is 110 Å². The lowest BCUT2D eigenvalue weighted by Gasteiger charge is -2.41. The highest BCUT2D eigenvalue weighted by molar-refractivity contribution is 9.09. The van der Waals surface area contributed by atoms with Crippen LogP contribution >= 0.6 is 31.9 Å². The Morgan fingerprint density at radius 3 is 1.83 bits per heavy atom. The summed E-state index contributed by atoms with van der Waals surface area (Å²) in [6, 6.07) is 16.8. The van der Waals surface area contributed by atoms with Gasteiger partial charge < -0.3 is 80.2 Å². The average Bonchev–Trinajstić information content (AvgIpc) is 1.21. The molecule has 0 spiro atoms. The maximum Gasteiger partial charge on any atom is 0.410 e. The number of nitrogens with zero attached hydrogens (tertiary/aromatic N) is 5. The lowest BCUT2D eigenvalue weighted by Crippen LogP contribution is -2.55. The van der Waals surface area contributed by atoms with Gasteiger partial charge in [0, 0.05) is 108 Å². The largest absolute Gasteiger partial charge is 0.445 e. The van der Waals surface area contributed by atoms with Crippen LogP contribution in [0.3, 0.4) is 0 Å². The van der Waals surface area contributed by atoms with Crippen molar-refractivity contribution in [1.29, 1.82) is 0 Å². The second-order valence-corrected chi connectivity index (χ2v) is 35.4. The molecule has 11 atom stereocenters. The first kappa shape index (κ1) is 104. The number of anilines is 1. The highest BCUT2D eigenvalue weighted by atomic mass is 79.9. The molecule has 1 saturated heterocycles. The van der Waals surface area contributed by atoms with Crippen molar-refractivity contribution in [2.24, 2.45) is 47.2 Å². The summed E-state index contributed by atoms with van der Waals surface area (Å²) >= 11 is 6.86. The number of ketones is 2. The number of hydrogen-bond acceptors (Lipinski definition) is 22. The summed E-state index contributed by atoms with van der Waals surface area (Å²) in [7, 11) is 2.26. The van der Waals surface area contributed by atoms with Crippen LogP contribution in [-0.2, 0) is 105 Å². The second-order valence-electron chi connectivity index (χ2n) is 32.3. The van der Waals surface area contributed by atoms with Gasteiger partial charge in [-0.15, -0.1) is 0 Å². The van der Waals surface area contributed by atoms with E-state index in [4.69, 9.17) is 38.9 Å². The normalized spacial score (nSPS) is 15.9. The van der Waals surface area contributed by atoms with Gasteiger partial charge >= 0.3 is 12.1 Å². The number of Topliss-reactive ketones (excluding diaryl/α,β-unsaturated/α-hetero) is 2. The monoisotopic (exact) mass is 1850 g/mol. The van der Waals surface area contributed by atoms with E-state index in [0.717, 1.165) is 35.3 Å². The zero-order valence-corrected chi connectivity index (χ0v) is 77.6. The Hall–Kier alpha value is -8.16. The molecule has 2 unspecified atom stereocenters. The number of benzene rings is 3. The number of primary amides is 1. The third kappa shape index (κ3) is 34.8. The molecular formula is C87H132Br2N12O20S. The van der Waals surface area contributed by atoms with Crippen molar-refractivity contribution in [3.05, 3.63) is 101 Å². The van der Waals surface area contributed by atoms with E-state index in [9.17, 15) is 61.2 Å². The zero-order valence-electron chi connectivity index (χ0n) is 73.6. The minimum absolute atomic E-state index is 0.00180. The Labute approximate surface area is 736 Å². The molecule has 1 aliphatic carbocycles. The van der Waals surface area contributed by atoms with Crippen molar-refractivity contribution in [2.75, 3.05) is 106 Å². The van der Waals surface area contributed by atoms with Gasteiger partial charge in [-0.25, -0.2) is 28.0 Å². The summed E-state index contributed by atoms with van der Waals surface area (Å²) in [6.07, 6.45) is 2.28. The maximum atomic E-state index is 14.7. The van der Waals surface area contributed by atoms with Crippen molar-refractivity contribution in [3.63, 3.8) is 0 Å². The average molecular weight is 1860 g/mol. The summed E-state index contributed by atoms with van der Waals surface area (Å²) in [5, 5.41) is 14.3. The Balaban J connectivity index is 0.000000464. The highest BCUT2D eigenvalue weighted by Gasteiger charge is 2.45. The molecule has 0 bridgehead atoms. The van der Waals surface area contributed by atoms with Gasteiger partial charge in [0.2, 0.25) is 39.6 Å². The van der Waals surface area contributed by atoms with Gasteiger partial charge in [-0.05, 0) is 110 Å². The van der Waals surface area contributed by atoms with Gasteiger partial charge in [0.1, 0.15) is 12.6 Å². The number of ether oxygens (including phenoxy) is 7. The Morgan fingerprint density at radius 1 is 0.656 bits per heavy atom. The van der Waals surface area contributed by atoms with E-state index >= 15 is 0 Å². The number of likely N-dealkylation sites (tertiary alicyclic amines) is 1. The van der Waals surface area contributed by atoms with E-state index in [1.165, 1.54) is 33.1 Å². The number of sulfonamides is 1. The van der Waals surface area contributed by atoms with E-state index < -0.39 is 93.5 Å². The molecule has 3 aromatic carbocycles. The standard InChI is InChI=1S/C53H80N6O12S.C34H52Br2N6O8/c1-13-34(6)48(57(9)52(65)41(32(2)3)29-44(61)47(33(4)5)58(10)53(66)71-31-38-21-23-39(24-22-38)54-36(8)60)45(69-11)30-46(62)59-27-17-20-43(59)49(70-12)35(7)50(63)55-42(28-37-18-15-14-16-19-37)51(64)56-72(67,68)40-25-26-40;1-23(2)32(30(43)19-24(3)5-4-9-39-34(37)46)42-31(44)8-11-47-13-15-49-17-18-50-16-14-48-12-10-38-33(45)25-6-7-26-27(20-25)41-29(22-36)28(21-35)40-26/h14-16,18-19,21-24,32-35,40-43,45,47-49H,13,17,20,25-31H2,1-12H3,(H,54,60)(H,55,63)(H,56,64);6-7,20,23-24,32H,4-5,8-19,21-22H2,1-3H3,(H,38,45)(H,42,44)(H3,37,39,46)/t34-,35+,41-,42-,43-,45+,47-,48-,49+;/m0./s1. The summed E-state index contributed by atoms with van der Waals surface area (Å²) in [5.41, 5.74) is 10.7. The molecule has 0 radical (unpaired) electrons. The second kappa shape index (κ2) is 53.9. The molecule has 32 nitrogen and oxygen atoms in total. The number of carbonyl (C=O) groups is 11. The first-order valence-electron chi connectivity index (χ1n) is 42.2. The van der Waals surface area contributed by atoms with Crippen molar-refractivity contribution in [1.82, 2.24) is 50.7 Å². The van der Waals surface area contributed by atoms with Crippen LogP contribution in [0.5, 0.6) is 0 Å². The fourth-order valence-corrected chi connectivity index (χ4v) is 16.9. The lowest BCUT2D eigenvalue weighted by atomic mass is 9.83. The number of halogens is 2. The molecule has 35 heteroatoms. The van der Waals surface area contributed by atoms with Crippen molar-refractivity contribution >= 4 is 124 Å². The highest BCUT2D eigenvalue weighted by Crippen LogP contribution is 2.33. The molecule has 1 aliphatic heterocycles. The molecular weight excluding hydrogens is 1720 g/mol. The predicted octanol–water partition coefficient (Wildman–Crippen LogP) is 9.52. The maximum absolute atomic E-state index is 14.7. The van der Waals surface area contributed by atoms with E-state index in [2.05, 4.69) is 73.1 Å². The number of fused-ring (bicyclic) bond motifs is 1. The van der Waals surface area contributed by atoms with Gasteiger partial charge in [-0.1, -0.05) is 150 Å². The molecule has 2 aliphatic rings. The van der Waals surface area contributed by atoms with Crippen molar-refractivity contribution in [2.45, 2.75) is 218 Å². The van der Waals surface area contributed by atoms with Crippen LogP contribution in [0.4, 0.5) is 15.3 Å². The number of methoxy groups -OCH3 is 2. The van der Waals surface area contributed by atoms with Crippen LogP contribution in [0.1, 0.15) is 180 Å². The van der Waals surface area contributed by atoms with Crippen LogP contribution in [0.25, 0.3) is 11.0 Å². The molecule has 680 valence electrons. The number of alkyl halides is 2. The summed E-state index contributed by atoms with van der Waals surface area (Å²) < 4.78 is 67.3. The van der Waals surface area contributed by atoms with Crippen LogP contribution in [0.2, 0.25) is 0 Å². The number of aromatic nitrogens is 2. The topological polar surface area (TPSA) is 420 Å². The fraction of sp³-hybridized carbons (Fsp3) is 0.644. The number of likely N-dealkylation sites (N-methyl/N-ethyl adjacent to an activating group) is 2. The van der Waals surface area contributed by atoms with Gasteiger partial charge in [-0.3, -0.25) is 47.9 Å². The third-order valence-corrected chi connectivity index (χ3v) is 24.6. The Morgan fingerprint density at radius 2 is 1.27 bits per heavy atom. The minimum atomic E-state index is -3.89. The predicted molar refractivity (Wildman–Crippen MR) is 471 cm³/mol. The van der Waals surface area contributed by atoms with Crippen LogP contribution in [0, 0.1) is 41.4 Å². The summed E-state index contributed by atoms with van der Waals surface area (Å²) in [4.78, 5) is 158. The number of carbonyl (C=O) groups excluding carboxylic acids is 11. The van der Waals surface area contributed by atoms with Gasteiger partial charge in [0.05, 0.1) is 129 Å².